The molecule has 2 atom stereocenters. The van der Waals surface area contributed by atoms with Crippen molar-refractivity contribution >= 4 is 21.8 Å². The molecule has 0 aromatic rings. The van der Waals surface area contributed by atoms with Crippen LogP contribution in [-0.2, 0) is 19.6 Å². The normalized spacial score (nSPS) is 28.6. The molecule has 1 N–H and O–H groups in total. The van der Waals surface area contributed by atoms with Gasteiger partial charge in [0.1, 0.15) is 6.04 Å². The molecule has 2 unspecified atom stereocenters. The van der Waals surface area contributed by atoms with E-state index < -0.39 is 16.1 Å². The lowest BCUT2D eigenvalue weighted by atomic mass is 9.98. The van der Waals surface area contributed by atoms with Gasteiger partial charge in [-0.3, -0.25) is 9.59 Å². The van der Waals surface area contributed by atoms with E-state index in [1.54, 1.807) is 4.90 Å². The van der Waals surface area contributed by atoms with Crippen molar-refractivity contribution in [1.29, 1.82) is 0 Å². The van der Waals surface area contributed by atoms with E-state index in [9.17, 15) is 18.0 Å². The van der Waals surface area contributed by atoms with Crippen LogP contribution in [0.1, 0.15) is 26.2 Å². The molecule has 0 radical (unpaired) electrons. The Morgan fingerprint density at radius 2 is 2.05 bits per heavy atom. The van der Waals surface area contributed by atoms with Crippen molar-refractivity contribution in [3.8, 4) is 0 Å². The first-order chi connectivity index (χ1) is 9.81. The molecule has 2 fully saturated rings. The third-order valence-corrected chi connectivity index (χ3v) is 5.39. The molecule has 0 aliphatic carbocycles. The maximum Gasteiger partial charge on any atom is 0.245 e. The zero-order valence-corrected chi connectivity index (χ0v) is 13.4. The maximum absolute atomic E-state index is 12.2. The molecule has 8 heteroatoms. The number of carbonyl (C=O) groups excluding carboxylic acids is 2. The number of rotatable bonds is 4. The van der Waals surface area contributed by atoms with Gasteiger partial charge in [-0.15, -0.1) is 0 Å². The number of nitrogens with zero attached hydrogens (tertiary/aromatic N) is 2. The third-order valence-electron chi connectivity index (χ3n) is 4.12. The fourth-order valence-corrected chi connectivity index (χ4v) is 3.94. The maximum atomic E-state index is 12.2. The largest absolute Gasteiger partial charge is 0.343 e. The topological polar surface area (TPSA) is 86.8 Å². The average Bonchev–Trinajstić information content (AvgIpc) is 2.42. The van der Waals surface area contributed by atoms with Crippen LogP contribution in [0, 0.1) is 5.92 Å². The Morgan fingerprint density at radius 1 is 1.33 bits per heavy atom. The van der Waals surface area contributed by atoms with Gasteiger partial charge in [0, 0.05) is 19.6 Å². The van der Waals surface area contributed by atoms with Crippen LogP contribution in [0.2, 0.25) is 0 Å². The van der Waals surface area contributed by atoms with Crippen molar-refractivity contribution in [3.63, 3.8) is 0 Å². The molecule has 2 amide bonds. The first kappa shape index (κ1) is 16.2. The van der Waals surface area contributed by atoms with E-state index >= 15 is 0 Å². The van der Waals surface area contributed by atoms with Crippen LogP contribution >= 0.6 is 0 Å². The molecule has 2 heterocycles. The number of amides is 2. The van der Waals surface area contributed by atoms with Gasteiger partial charge < -0.3 is 10.2 Å². The van der Waals surface area contributed by atoms with Gasteiger partial charge in [-0.25, -0.2) is 12.7 Å². The third kappa shape index (κ3) is 3.94. The zero-order valence-electron chi connectivity index (χ0n) is 12.5. The summed E-state index contributed by atoms with van der Waals surface area (Å²) >= 11 is 0. The Balaban J connectivity index is 2.00. The second-order valence-corrected chi connectivity index (χ2v) is 7.86. The van der Waals surface area contributed by atoms with Gasteiger partial charge in [0.15, 0.2) is 0 Å². The summed E-state index contributed by atoms with van der Waals surface area (Å²) in [6, 6.07) is -0.444. The second-order valence-electron chi connectivity index (χ2n) is 5.88. The van der Waals surface area contributed by atoms with Crippen LogP contribution in [0.3, 0.4) is 0 Å². The summed E-state index contributed by atoms with van der Waals surface area (Å²) in [5.41, 5.74) is 0. The molecule has 120 valence electrons. The Labute approximate surface area is 125 Å². The molecule has 0 spiro atoms. The van der Waals surface area contributed by atoms with Gasteiger partial charge in [0.2, 0.25) is 21.8 Å². The molecule has 2 aliphatic rings. The van der Waals surface area contributed by atoms with E-state index in [2.05, 4.69) is 5.32 Å². The van der Waals surface area contributed by atoms with Crippen molar-refractivity contribution in [3.05, 3.63) is 0 Å². The highest BCUT2D eigenvalue weighted by Gasteiger charge is 2.34. The standard InChI is InChI=1S/C13H23N3O4S/c1-3-11-13(18)15(9-12(17)14-11)7-10-5-4-6-16(8-10)21(2,19)20/h10-11H,3-9H2,1-2H3,(H,14,17). The van der Waals surface area contributed by atoms with E-state index in [4.69, 9.17) is 0 Å². The molecular weight excluding hydrogens is 294 g/mol. The summed E-state index contributed by atoms with van der Waals surface area (Å²) in [6.07, 6.45) is 3.46. The highest BCUT2D eigenvalue weighted by atomic mass is 32.2. The van der Waals surface area contributed by atoms with Gasteiger partial charge in [-0.1, -0.05) is 6.92 Å². The first-order valence-electron chi connectivity index (χ1n) is 7.34. The van der Waals surface area contributed by atoms with Gasteiger partial charge in [0.25, 0.3) is 0 Å². The van der Waals surface area contributed by atoms with Crippen molar-refractivity contribution in [2.45, 2.75) is 32.2 Å². The summed E-state index contributed by atoms with van der Waals surface area (Å²) in [4.78, 5) is 25.4. The minimum atomic E-state index is -3.19. The lowest BCUT2D eigenvalue weighted by Crippen LogP contribution is -2.59. The second kappa shape index (κ2) is 6.31. The fraction of sp³-hybridized carbons (Fsp3) is 0.846. The number of piperidine rings is 1. The van der Waals surface area contributed by atoms with E-state index in [1.807, 2.05) is 6.92 Å². The smallest absolute Gasteiger partial charge is 0.245 e. The van der Waals surface area contributed by atoms with Gasteiger partial charge in [-0.2, -0.15) is 0 Å². The van der Waals surface area contributed by atoms with Crippen LogP contribution in [0.5, 0.6) is 0 Å². The molecule has 2 saturated heterocycles. The zero-order chi connectivity index (χ0) is 15.6. The SMILES string of the molecule is CCC1NC(=O)CN(CC2CCCN(S(C)(=O)=O)C2)C1=O. The predicted octanol–water partition coefficient (Wildman–Crippen LogP) is -0.605. The number of carbonyl (C=O) groups is 2. The molecule has 0 saturated carbocycles. The molecular formula is C13H23N3O4S. The lowest BCUT2D eigenvalue weighted by Gasteiger charge is -2.37. The van der Waals surface area contributed by atoms with Crippen LogP contribution in [-0.4, -0.2) is 67.9 Å². The van der Waals surface area contributed by atoms with Crippen molar-refractivity contribution < 1.29 is 18.0 Å². The Morgan fingerprint density at radius 3 is 2.67 bits per heavy atom. The lowest BCUT2D eigenvalue weighted by molar-refractivity contribution is -0.145. The minimum Gasteiger partial charge on any atom is -0.343 e. The highest BCUT2D eigenvalue weighted by Crippen LogP contribution is 2.20. The molecule has 2 aliphatic heterocycles. The summed E-state index contributed by atoms with van der Waals surface area (Å²) in [5, 5.41) is 2.68. The van der Waals surface area contributed by atoms with Crippen LogP contribution in [0.4, 0.5) is 0 Å². The van der Waals surface area contributed by atoms with Crippen molar-refractivity contribution in [1.82, 2.24) is 14.5 Å². The van der Waals surface area contributed by atoms with Gasteiger partial charge in [-0.05, 0) is 25.2 Å². The summed E-state index contributed by atoms with van der Waals surface area (Å²) < 4.78 is 24.7. The molecule has 0 bridgehead atoms. The number of hydrogen-bond acceptors (Lipinski definition) is 4. The van der Waals surface area contributed by atoms with E-state index in [1.165, 1.54) is 10.6 Å². The quantitative estimate of drug-likeness (QED) is 0.750. The minimum absolute atomic E-state index is 0.0615. The predicted molar refractivity (Wildman–Crippen MR) is 77.9 cm³/mol. The number of sulfonamides is 1. The van der Waals surface area contributed by atoms with Crippen LogP contribution in [0.15, 0.2) is 0 Å². The molecule has 2 rings (SSSR count). The summed E-state index contributed by atoms with van der Waals surface area (Å²) in [6.45, 7) is 3.36. The monoisotopic (exact) mass is 317 g/mol. The average molecular weight is 317 g/mol. The van der Waals surface area contributed by atoms with Crippen LogP contribution < -0.4 is 5.32 Å². The number of hydrogen-bond donors (Lipinski definition) is 1. The molecule has 0 aromatic heterocycles. The number of piperazine rings is 1. The van der Waals surface area contributed by atoms with E-state index in [0.717, 1.165) is 12.8 Å². The van der Waals surface area contributed by atoms with Crippen molar-refractivity contribution in [2.24, 2.45) is 5.92 Å². The Hall–Kier alpha value is -1.15. The van der Waals surface area contributed by atoms with Gasteiger partial charge in [0.05, 0.1) is 12.8 Å². The summed E-state index contributed by atoms with van der Waals surface area (Å²) in [7, 11) is -3.19. The fourth-order valence-electron chi connectivity index (χ4n) is 2.99. The van der Waals surface area contributed by atoms with Gasteiger partial charge >= 0.3 is 0 Å². The van der Waals surface area contributed by atoms with E-state index in [0.29, 0.717) is 26.1 Å². The Kier molecular flexibility index (Phi) is 4.88. The summed E-state index contributed by atoms with van der Waals surface area (Å²) in [5.74, 6) is -0.105. The Bertz CT molecular complexity index is 520. The van der Waals surface area contributed by atoms with E-state index in [-0.39, 0.29) is 24.3 Å². The number of nitrogens with one attached hydrogen (secondary N) is 1. The van der Waals surface area contributed by atoms with Crippen LogP contribution in [0.25, 0.3) is 0 Å². The molecule has 7 nitrogen and oxygen atoms in total. The molecule has 0 aromatic carbocycles. The first-order valence-corrected chi connectivity index (χ1v) is 9.19. The highest BCUT2D eigenvalue weighted by molar-refractivity contribution is 7.88. The van der Waals surface area contributed by atoms with Crippen molar-refractivity contribution in [2.75, 3.05) is 32.4 Å². The molecule has 21 heavy (non-hydrogen) atoms.